The standard InChI is InChI=1S/C31H42P.BrH/c1-2-3-4-5-6-7-8-9-10-11-21-28-32(29-22-15-12-16-23-29,30-24-17-13-18-25-30)31-26-19-14-20-27-31;/h12-20,22-27H,2-11,21,28H2,1H3;1H/q+1;. The number of unbranched alkanes of at least 4 members (excludes halogenated alkanes) is 10. The van der Waals surface area contributed by atoms with Crippen LogP contribution in [0.25, 0.3) is 0 Å². The summed E-state index contributed by atoms with van der Waals surface area (Å²) in [7, 11) is -1.63. The van der Waals surface area contributed by atoms with E-state index in [2.05, 4.69) is 97.9 Å². The first-order chi connectivity index (χ1) is 15.9. The average molecular weight is 527 g/mol. The molecule has 0 amide bonds. The lowest BCUT2D eigenvalue weighted by Crippen LogP contribution is -2.33. The molecule has 0 unspecified atom stereocenters. The molecule has 0 spiro atoms. The molecular formula is C31H43BrP+. The lowest BCUT2D eigenvalue weighted by atomic mass is 10.1. The summed E-state index contributed by atoms with van der Waals surface area (Å²) >= 11 is 0. The van der Waals surface area contributed by atoms with Crippen LogP contribution in [0, 0.1) is 0 Å². The molecule has 0 atom stereocenters. The molecule has 0 saturated carbocycles. The lowest BCUT2D eigenvalue weighted by molar-refractivity contribution is 0.555. The summed E-state index contributed by atoms with van der Waals surface area (Å²) in [6.45, 7) is 2.30. The molecule has 0 aliphatic heterocycles. The van der Waals surface area contributed by atoms with Crippen molar-refractivity contribution in [3.8, 4) is 0 Å². The maximum absolute atomic E-state index is 2.37. The Hall–Kier alpha value is -1.43. The van der Waals surface area contributed by atoms with Crippen LogP contribution in [-0.4, -0.2) is 6.16 Å². The highest BCUT2D eigenvalue weighted by Gasteiger charge is 2.44. The Morgan fingerprint density at radius 1 is 0.424 bits per heavy atom. The van der Waals surface area contributed by atoms with Crippen LogP contribution in [0.1, 0.15) is 77.6 Å². The molecule has 3 aromatic rings. The molecule has 2 heteroatoms. The van der Waals surface area contributed by atoms with Crippen molar-refractivity contribution < 1.29 is 0 Å². The summed E-state index contributed by atoms with van der Waals surface area (Å²) in [5, 5.41) is 4.55. The molecular weight excluding hydrogens is 483 g/mol. The van der Waals surface area contributed by atoms with E-state index in [1.54, 1.807) is 0 Å². The quantitative estimate of drug-likeness (QED) is 0.137. The minimum atomic E-state index is -1.63. The highest BCUT2D eigenvalue weighted by molar-refractivity contribution is 8.93. The maximum atomic E-state index is 2.37. The van der Waals surface area contributed by atoms with Crippen LogP contribution in [0.5, 0.6) is 0 Å². The van der Waals surface area contributed by atoms with E-state index in [0.29, 0.717) is 0 Å². The molecule has 0 saturated heterocycles. The Bertz CT molecular complexity index is 751. The fourth-order valence-corrected chi connectivity index (χ4v) is 9.31. The van der Waals surface area contributed by atoms with Crippen LogP contribution in [-0.2, 0) is 0 Å². The van der Waals surface area contributed by atoms with Gasteiger partial charge in [0.05, 0.1) is 6.16 Å². The summed E-state index contributed by atoms with van der Waals surface area (Å²) in [5.41, 5.74) is 0. The van der Waals surface area contributed by atoms with Crippen LogP contribution in [0.3, 0.4) is 0 Å². The van der Waals surface area contributed by atoms with Crippen molar-refractivity contribution in [3.05, 3.63) is 91.0 Å². The first-order valence-corrected chi connectivity index (χ1v) is 14.9. The van der Waals surface area contributed by atoms with Gasteiger partial charge < -0.3 is 0 Å². The van der Waals surface area contributed by atoms with E-state index in [4.69, 9.17) is 0 Å². The van der Waals surface area contributed by atoms with Gasteiger partial charge in [-0.1, -0.05) is 119 Å². The average Bonchev–Trinajstić information content (AvgIpc) is 2.87. The second kappa shape index (κ2) is 16.2. The molecule has 0 fully saturated rings. The monoisotopic (exact) mass is 525 g/mol. The predicted molar refractivity (Wildman–Crippen MR) is 157 cm³/mol. The van der Waals surface area contributed by atoms with Gasteiger partial charge >= 0.3 is 0 Å². The zero-order valence-electron chi connectivity index (χ0n) is 20.5. The third-order valence-corrected chi connectivity index (χ3v) is 11.2. The van der Waals surface area contributed by atoms with E-state index in [9.17, 15) is 0 Å². The molecule has 0 radical (unpaired) electrons. The van der Waals surface area contributed by atoms with Gasteiger partial charge in [-0.25, -0.2) is 0 Å². The lowest BCUT2D eigenvalue weighted by Gasteiger charge is -2.27. The number of benzene rings is 3. The molecule has 33 heavy (non-hydrogen) atoms. The third kappa shape index (κ3) is 8.38. The van der Waals surface area contributed by atoms with Gasteiger partial charge in [0.2, 0.25) is 0 Å². The van der Waals surface area contributed by atoms with Crippen LogP contribution in [0.2, 0.25) is 0 Å². The van der Waals surface area contributed by atoms with Crippen molar-refractivity contribution in [1.29, 1.82) is 0 Å². The highest BCUT2D eigenvalue weighted by atomic mass is 79.9. The van der Waals surface area contributed by atoms with Crippen molar-refractivity contribution in [3.63, 3.8) is 0 Å². The van der Waals surface area contributed by atoms with Gasteiger partial charge in [0.15, 0.2) is 0 Å². The minimum absolute atomic E-state index is 0. The fourth-order valence-electron chi connectivity index (χ4n) is 4.90. The number of rotatable bonds is 15. The largest absolute Gasteiger partial charge is 0.114 e. The first-order valence-electron chi connectivity index (χ1n) is 12.9. The second-order valence-electron chi connectivity index (χ2n) is 9.08. The molecule has 3 rings (SSSR count). The maximum Gasteiger partial charge on any atom is 0.112 e. The smallest absolute Gasteiger partial charge is 0.112 e. The molecule has 0 aliphatic carbocycles. The summed E-state index contributed by atoms with van der Waals surface area (Å²) in [4.78, 5) is 0. The molecule has 178 valence electrons. The summed E-state index contributed by atoms with van der Waals surface area (Å²) < 4.78 is 0. The Kier molecular flexibility index (Phi) is 13.7. The van der Waals surface area contributed by atoms with E-state index in [0.717, 1.165) is 0 Å². The van der Waals surface area contributed by atoms with Crippen molar-refractivity contribution in [1.82, 2.24) is 0 Å². The zero-order valence-corrected chi connectivity index (χ0v) is 23.1. The molecule has 0 aliphatic rings. The number of hydrogen-bond donors (Lipinski definition) is 0. The van der Waals surface area contributed by atoms with Crippen molar-refractivity contribution in [2.75, 3.05) is 6.16 Å². The Morgan fingerprint density at radius 2 is 0.727 bits per heavy atom. The van der Waals surface area contributed by atoms with Gasteiger partial charge in [-0.15, -0.1) is 17.0 Å². The summed E-state index contributed by atoms with van der Waals surface area (Å²) in [6, 6.07) is 34.0. The van der Waals surface area contributed by atoms with Crippen molar-refractivity contribution >= 4 is 40.2 Å². The van der Waals surface area contributed by atoms with Crippen molar-refractivity contribution in [2.24, 2.45) is 0 Å². The SMILES string of the molecule is Br.CCCCCCCCCCCCC[P+](c1ccccc1)(c1ccccc1)c1ccccc1. The van der Waals surface area contributed by atoms with Gasteiger partial charge in [-0.2, -0.15) is 0 Å². The number of hydrogen-bond acceptors (Lipinski definition) is 0. The van der Waals surface area contributed by atoms with Gasteiger partial charge in [-0.05, 0) is 49.2 Å². The molecule has 0 bridgehead atoms. The van der Waals surface area contributed by atoms with Crippen LogP contribution in [0.15, 0.2) is 91.0 Å². The molecule has 0 aromatic heterocycles. The topological polar surface area (TPSA) is 0 Å². The van der Waals surface area contributed by atoms with Gasteiger partial charge in [0, 0.05) is 0 Å². The fraction of sp³-hybridized carbons (Fsp3) is 0.419. The third-order valence-electron chi connectivity index (χ3n) is 6.69. The molecule has 0 heterocycles. The van der Waals surface area contributed by atoms with Gasteiger partial charge in [0.1, 0.15) is 23.2 Å². The summed E-state index contributed by atoms with van der Waals surface area (Å²) in [5.74, 6) is 0. The van der Waals surface area contributed by atoms with E-state index in [1.807, 2.05) is 0 Å². The Morgan fingerprint density at radius 3 is 1.06 bits per heavy atom. The van der Waals surface area contributed by atoms with Crippen molar-refractivity contribution in [2.45, 2.75) is 77.6 Å². The van der Waals surface area contributed by atoms with E-state index in [-0.39, 0.29) is 17.0 Å². The summed E-state index contributed by atoms with van der Waals surface area (Å²) in [6.07, 6.45) is 16.6. The Balaban J connectivity index is 0.00000385. The minimum Gasteiger partial charge on any atom is -0.114 e. The van der Waals surface area contributed by atoms with Gasteiger partial charge in [0.25, 0.3) is 0 Å². The molecule has 0 nitrogen and oxygen atoms in total. The first kappa shape index (κ1) is 27.8. The molecule has 3 aromatic carbocycles. The van der Waals surface area contributed by atoms with Crippen LogP contribution in [0.4, 0.5) is 0 Å². The highest BCUT2D eigenvalue weighted by Crippen LogP contribution is 2.55. The predicted octanol–water partition coefficient (Wildman–Crippen LogP) is 8.87. The normalized spacial score (nSPS) is 11.2. The van der Waals surface area contributed by atoms with E-state index < -0.39 is 7.26 Å². The van der Waals surface area contributed by atoms with Crippen LogP contribution >= 0.6 is 24.2 Å². The Labute approximate surface area is 214 Å². The second-order valence-corrected chi connectivity index (χ2v) is 12.7. The van der Waals surface area contributed by atoms with Crippen LogP contribution < -0.4 is 15.9 Å². The van der Waals surface area contributed by atoms with E-state index >= 15 is 0 Å². The number of halogens is 1. The zero-order chi connectivity index (χ0) is 22.3. The van der Waals surface area contributed by atoms with Gasteiger partial charge in [-0.3, -0.25) is 0 Å². The van der Waals surface area contributed by atoms with E-state index in [1.165, 1.54) is 92.7 Å². The molecule has 0 N–H and O–H groups in total.